The van der Waals surface area contributed by atoms with Crippen molar-refractivity contribution in [2.75, 3.05) is 12.4 Å². The molecular weight excluding hydrogens is 562 g/mol. The van der Waals surface area contributed by atoms with Crippen molar-refractivity contribution in [1.82, 2.24) is 10.3 Å². The number of hydrogen-bond donors (Lipinski definition) is 4. The number of anilines is 2. The number of nitrogens with two attached hydrogens (primary N) is 2. The maximum atomic E-state index is 10.9. The van der Waals surface area contributed by atoms with Crippen LogP contribution < -0.4 is 22.1 Å². The summed E-state index contributed by atoms with van der Waals surface area (Å²) in [6.07, 6.45) is 6.65. The maximum absolute atomic E-state index is 10.9. The van der Waals surface area contributed by atoms with E-state index >= 15 is 0 Å². The van der Waals surface area contributed by atoms with Gasteiger partial charge < -0.3 is 22.1 Å². The molecule has 0 atom stereocenters. The molecule has 0 unspecified atom stereocenters. The molecule has 3 aromatic carbocycles. The lowest BCUT2D eigenvalue weighted by atomic mass is 10.1. The summed E-state index contributed by atoms with van der Waals surface area (Å²) in [5, 5.41) is 7.47. The summed E-state index contributed by atoms with van der Waals surface area (Å²) in [6.45, 7) is 9.13. The Labute approximate surface area is 257 Å². The van der Waals surface area contributed by atoms with Gasteiger partial charge in [0.2, 0.25) is 5.91 Å². The number of aromatic nitrogens is 1. The number of benzene rings is 3. The van der Waals surface area contributed by atoms with Crippen LogP contribution in [0.1, 0.15) is 18.9 Å². The van der Waals surface area contributed by atoms with E-state index in [4.69, 9.17) is 28.1 Å². The quantitative estimate of drug-likeness (QED) is 0.109. The molecule has 4 aromatic rings. The van der Waals surface area contributed by atoms with Gasteiger partial charge in [-0.15, -0.1) is 0 Å². The second-order valence-corrected chi connectivity index (χ2v) is 10.7. The number of nitrogens with one attached hydrogen (secondary N) is 2. The van der Waals surface area contributed by atoms with Crippen LogP contribution in [0.2, 0.25) is 5.02 Å². The topological polar surface area (TPSA) is 106 Å². The molecule has 0 bridgehead atoms. The van der Waals surface area contributed by atoms with E-state index in [9.17, 15) is 4.79 Å². The maximum Gasteiger partial charge on any atom is 0.250 e. The van der Waals surface area contributed by atoms with Crippen molar-refractivity contribution in [2.24, 2.45) is 11.5 Å². The molecule has 216 valence electrons. The van der Waals surface area contributed by atoms with Crippen molar-refractivity contribution in [1.29, 1.82) is 0 Å². The van der Waals surface area contributed by atoms with E-state index in [-0.39, 0.29) is 5.91 Å². The first kappa shape index (κ1) is 31.9. The number of halogens is 1. The summed E-state index contributed by atoms with van der Waals surface area (Å²) < 4.78 is 0. The van der Waals surface area contributed by atoms with Gasteiger partial charge in [-0.1, -0.05) is 96.8 Å². The predicted octanol–water partition coefficient (Wildman–Crippen LogP) is 7.99. The number of thiazole rings is 1. The van der Waals surface area contributed by atoms with Gasteiger partial charge >= 0.3 is 0 Å². The molecule has 42 heavy (non-hydrogen) atoms. The van der Waals surface area contributed by atoms with E-state index < -0.39 is 0 Å². The van der Waals surface area contributed by atoms with Gasteiger partial charge in [-0.2, -0.15) is 0 Å². The Morgan fingerprint density at radius 2 is 1.62 bits per heavy atom. The van der Waals surface area contributed by atoms with Crippen LogP contribution in [-0.4, -0.2) is 17.9 Å². The van der Waals surface area contributed by atoms with Crippen LogP contribution in [0.4, 0.5) is 10.8 Å². The number of amides is 1. The highest BCUT2D eigenvalue weighted by Gasteiger charge is 2.15. The van der Waals surface area contributed by atoms with Crippen LogP contribution in [0, 0.1) is 0 Å². The summed E-state index contributed by atoms with van der Waals surface area (Å²) in [5.41, 5.74) is 18.2. The van der Waals surface area contributed by atoms with Gasteiger partial charge in [0.05, 0.1) is 10.6 Å². The summed E-state index contributed by atoms with van der Waals surface area (Å²) >= 11 is 7.72. The van der Waals surface area contributed by atoms with E-state index in [2.05, 4.69) is 60.2 Å². The van der Waals surface area contributed by atoms with E-state index in [1.807, 2.05) is 49.4 Å². The third kappa shape index (κ3) is 9.80. The lowest BCUT2D eigenvalue weighted by molar-refractivity contribution is -0.116. The van der Waals surface area contributed by atoms with Crippen LogP contribution in [0.25, 0.3) is 21.7 Å². The van der Waals surface area contributed by atoms with Gasteiger partial charge in [0.15, 0.2) is 5.13 Å². The molecule has 4 rings (SSSR count). The number of aryl methyl sites for hydroxylation is 1. The Hall–Kier alpha value is -4.59. The molecule has 0 saturated heterocycles. The Kier molecular flexibility index (Phi) is 12.2. The number of allylic oxidation sites excluding steroid dienone is 3. The highest BCUT2D eigenvalue weighted by molar-refractivity contribution is 7.19. The third-order valence-electron chi connectivity index (χ3n) is 6.05. The van der Waals surface area contributed by atoms with Gasteiger partial charge in [0.1, 0.15) is 0 Å². The first-order valence-corrected chi connectivity index (χ1v) is 14.5. The second kappa shape index (κ2) is 16.0. The van der Waals surface area contributed by atoms with Crippen molar-refractivity contribution in [3.05, 3.63) is 138 Å². The van der Waals surface area contributed by atoms with Gasteiger partial charge in [-0.05, 0) is 67.3 Å². The zero-order valence-electron chi connectivity index (χ0n) is 23.9. The Bertz CT molecular complexity index is 1560. The van der Waals surface area contributed by atoms with E-state index in [1.54, 1.807) is 36.6 Å². The van der Waals surface area contributed by atoms with Crippen molar-refractivity contribution >= 4 is 39.7 Å². The molecule has 0 aliphatic heterocycles. The third-order valence-corrected chi connectivity index (χ3v) is 7.32. The monoisotopic (exact) mass is 597 g/mol. The average molecular weight is 598 g/mol. The molecule has 0 aliphatic rings. The van der Waals surface area contributed by atoms with E-state index in [1.165, 1.54) is 5.56 Å². The lowest BCUT2D eigenvalue weighted by Gasteiger charge is -2.05. The molecule has 0 fully saturated rings. The van der Waals surface area contributed by atoms with Crippen LogP contribution in [-0.2, 0) is 11.2 Å². The van der Waals surface area contributed by atoms with Crippen LogP contribution in [0.3, 0.4) is 0 Å². The first-order chi connectivity index (χ1) is 20.2. The minimum atomic E-state index is -0.199. The SMILES string of the molecule is C=C(/C=C\C(N)=C/C)C(=O)NC.C=C(N)CCc1ccc(Nc2nc(-c3ccc(Cl)cc3)c(-c3ccccc3)s2)cc1. The first-order valence-electron chi connectivity index (χ1n) is 13.3. The number of likely N-dealkylation sites (N-methyl/N-ethyl adjacent to an activating group) is 1. The molecule has 1 heterocycles. The normalized spacial score (nSPS) is 11.0. The number of carbonyl (C=O) groups excluding carboxylic acids is 1. The molecule has 1 amide bonds. The van der Waals surface area contributed by atoms with Crippen LogP contribution in [0.15, 0.2) is 127 Å². The zero-order chi connectivity index (χ0) is 30.5. The molecule has 0 saturated carbocycles. The largest absolute Gasteiger partial charge is 0.403 e. The fraction of sp³-hybridized carbons (Fsp3) is 0.118. The average Bonchev–Trinajstić information content (AvgIpc) is 3.43. The van der Waals surface area contributed by atoms with Gasteiger partial charge in [-0.25, -0.2) is 4.98 Å². The Morgan fingerprint density at radius 3 is 2.21 bits per heavy atom. The number of carbonyl (C=O) groups is 1. The molecule has 0 aliphatic carbocycles. The minimum absolute atomic E-state index is 0.199. The van der Waals surface area contributed by atoms with Crippen molar-refractivity contribution in [2.45, 2.75) is 19.8 Å². The summed E-state index contributed by atoms with van der Waals surface area (Å²) in [4.78, 5) is 16.9. The summed E-state index contributed by atoms with van der Waals surface area (Å²) in [5.74, 6) is -0.199. The van der Waals surface area contributed by atoms with Crippen molar-refractivity contribution in [3.63, 3.8) is 0 Å². The van der Waals surface area contributed by atoms with E-state index in [0.29, 0.717) is 22.0 Å². The second-order valence-electron chi connectivity index (χ2n) is 9.28. The fourth-order valence-electron chi connectivity index (χ4n) is 3.67. The molecule has 1 aromatic heterocycles. The highest BCUT2D eigenvalue weighted by Crippen LogP contribution is 2.40. The standard InChI is InChI=1S/C25H22ClN3S.C9H14N2O/c1-17(27)7-8-18-9-15-22(16-10-18)28-25-29-23(19-11-13-21(26)14-12-19)24(30-25)20-5-3-2-4-6-20;1-4-8(10)6-5-7(2)9(12)11-3/h2-6,9-16H,1,7-8,27H2,(H,28,29);4-6H,2,10H2,1,3H3,(H,11,12)/b;6-5-,8-4+. The smallest absolute Gasteiger partial charge is 0.250 e. The molecule has 0 radical (unpaired) electrons. The van der Waals surface area contributed by atoms with Gasteiger partial charge in [-0.3, -0.25) is 4.79 Å². The number of nitrogens with zero attached hydrogens (tertiary/aromatic N) is 1. The minimum Gasteiger partial charge on any atom is -0.403 e. The predicted molar refractivity (Wildman–Crippen MR) is 180 cm³/mol. The van der Waals surface area contributed by atoms with Crippen molar-refractivity contribution < 1.29 is 4.79 Å². The molecule has 6 N–H and O–H groups in total. The molecule has 0 spiro atoms. The lowest BCUT2D eigenvalue weighted by Crippen LogP contribution is -2.18. The van der Waals surface area contributed by atoms with Crippen molar-refractivity contribution in [3.8, 4) is 21.7 Å². The Morgan fingerprint density at radius 1 is 0.952 bits per heavy atom. The number of rotatable bonds is 10. The highest BCUT2D eigenvalue weighted by atomic mass is 35.5. The fourth-order valence-corrected chi connectivity index (χ4v) is 4.81. The van der Waals surface area contributed by atoms with Crippen LogP contribution >= 0.6 is 22.9 Å². The van der Waals surface area contributed by atoms with Crippen LogP contribution in [0.5, 0.6) is 0 Å². The van der Waals surface area contributed by atoms with E-state index in [0.717, 1.165) is 45.4 Å². The molecule has 6 nitrogen and oxygen atoms in total. The summed E-state index contributed by atoms with van der Waals surface area (Å²) in [6, 6.07) is 26.5. The molecule has 8 heteroatoms. The summed E-state index contributed by atoms with van der Waals surface area (Å²) in [7, 11) is 1.56. The van der Waals surface area contributed by atoms with Gasteiger partial charge in [0, 0.05) is 40.3 Å². The Balaban J connectivity index is 0.000000343. The zero-order valence-corrected chi connectivity index (χ0v) is 25.4. The van der Waals surface area contributed by atoms with Gasteiger partial charge in [0.25, 0.3) is 0 Å². The number of hydrogen-bond acceptors (Lipinski definition) is 6. The molecular formula is C34H36ClN5OS.